The van der Waals surface area contributed by atoms with Crippen LogP contribution >= 0.6 is 11.6 Å². The Kier molecular flexibility index (Phi) is 1.39. The molecular weight excluding hydrogens is 128 g/mol. The third-order valence-electron chi connectivity index (χ3n) is 0.734. The molecule has 42 valence electrons. The summed E-state index contributed by atoms with van der Waals surface area (Å²) in [6.45, 7) is 0. The van der Waals surface area contributed by atoms with Gasteiger partial charge in [-0.15, -0.1) is 5.10 Å². The summed E-state index contributed by atoms with van der Waals surface area (Å²) in [6, 6.07) is 0. The standard InChI is InChI=1S/C4H3ClN2O/c5-4-3(8)1-2-6-7-4/h2H,1H2. The average Bonchev–Trinajstić information content (AvgIpc) is 1.77. The number of carbonyl (C=O) groups excluding carboxylic acids is 1. The highest BCUT2D eigenvalue weighted by molar-refractivity contribution is 6.83. The first kappa shape index (κ1) is 5.44. The van der Waals surface area contributed by atoms with Crippen molar-refractivity contribution in [2.75, 3.05) is 0 Å². The summed E-state index contributed by atoms with van der Waals surface area (Å²) < 4.78 is 0. The first-order chi connectivity index (χ1) is 3.80. The maximum absolute atomic E-state index is 10.4. The average molecular weight is 131 g/mol. The van der Waals surface area contributed by atoms with Crippen molar-refractivity contribution in [2.45, 2.75) is 6.42 Å². The molecule has 1 heterocycles. The van der Waals surface area contributed by atoms with E-state index in [-0.39, 0.29) is 17.4 Å². The van der Waals surface area contributed by atoms with E-state index >= 15 is 0 Å². The van der Waals surface area contributed by atoms with Gasteiger partial charge in [-0.1, -0.05) is 11.6 Å². The molecule has 0 saturated carbocycles. The van der Waals surface area contributed by atoms with E-state index in [1.54, 1.807) is 0 Å². The lowest BCUT2D eigenvalue weighted by molar-refractivity contribution is -0.111. The minimum atomic E-state index is -0.165. The van der Waals surface area contributed by atoms with Crippen LogP contribution < -0.4 is 0 Å². The van der Waals surface area contributed by atoms with Crippen LogP contribution in [-0.4, -0.2) is 17.2 Å². The lowest BCUT2D eigenvalue weighted by Gasteiger charge is -1.93. The Morgan fingerprint density at radius 1 is 1.75 bits per heavy atom. The second-order valence-corrected chi connectivity index (χ2v) is 1.67. The summed E-state index contributed by atoms with van der Waals surface area (Å²) >= 11 is 5.25. The molecule has 0 aromatic rings. The molecule has 1 aliphatic heterocycles. The number of halogens is 1. The van der Waals surface area contributed by atoms with Crippen molar-refractivity contribution >= 4 is 28.8 Å². The molecule has 0 fully saturated rings. The Labute approximate surface area is 51.1 Å². The van der Waals surface area contributed by atoms with Crippen LogP contribution in [0.25, 0.3) is 0 Å². The molecule has 0 aromatic carbocycles. The molecule has 0 N–H and O–H groups in total. The van der Waals surface area contributed by atoms with Gasteiger partial charge in [0.25, 0.3) is 0 Å². The molecule has 0 spiro atoms. The molecule has 0 unspecified atom stereocenters. The van der Waals surface area contributed by atoms with E-state index in [0.29, 0.717) is 0 Å². The molecule has 0 aromatic heterocycles. The Morgan fingerprint density at radius 3 is 2.88 bits per heavy atom. The van der Waals surface area contributed by atoms with Crippen LogP contribution in [0.5, 0.6) is 0 Å². The van der Waals surface area contributed by atoms with Crippen LogP contribution in [0, 0.1) is 0 Å². The maximum Gasteiger partial charge on any atom is 0.200 e. The van der Waals surface area contributed by atoms with Gasteiger partial charge in [-0.05, 0) is 0 Å². The summed E-state index contributed by atoms with van der Waals surface area (Å²) in [5.41, 5.74) is 0. The molecule has 1 rings (SSSR count). The van der Waals surface area contributed by atoms with Crippen molar-refractivity contribution in [3.63, 3.8) is 0 Å². The molecular formula is C4H3ClN2O. The van der Waals surface area contributed by atoms with Gasteiger partial charge in [0.1, 0.15) is 0 Å². The number of Topliss-reactive ketones (excluding diaryl/α,β-unsaturated/α-hetero) is 1. The third kappa shape index (κ3) is 0.924. The molecule has 0 amide bonds. The zero-order chi connectivity index (χ0) is 5.98. The van der Waals surface area contributed by atoms with E-state index in [1.165, 1.54) is 6.21 Å². The Balaban J connectivity index is 2.80. The van der Waals surface area contributed by atoms with Crippen LogP contribution in [0.3, 0.4) is 0 Å². The summed E-state index contributed by atoms with van der Waals surface area (Å²) in [7, 11) is 0. The van der Waals surface area contributed by atoms with Gasteiger partial charge in [-0.25, -0.2) is 0 Å². The van der Waals surface area contributed by atoms with Gasteiger partial charge in [0.05, 0.1) is 6.42 Å². The highest BCUT2D eigenvalue weighted by atomic mass is 35.5. The van der Waals surface area contributed by atoms with Crippen molar-refractivity contribution < 1.29 is 4.79 Å². The minimum absolute atomic E-state index is 0.0208. The molecule has 3 nitrogen and oxygen atoms in total. The SMILES string of the molecule is O=C1CC=NN=C1Cl. The van der Waals surface area contributed by atoms with Gasteiger partial charge in [0.15, 0.2) is 11.0 Å². The predicted octanol–water partition coefficient (Wildman–Crippen LogP) is 0.582. The predicted molar refractivity (Wildman–Crippen MR) is 31.4 cm³/mol. The minimum Gasteiger partial charge on any atom is -0.291 e. The zero-order valence-corrected chi connectivity index (χ0v) is 4.72. The molecule has 0 atom stereocenters. The third-order valence-corrected chi connectivity index (χ3v) is 1.02. The summed E-state index contributed by atoms with van der Waals surface area (Å²) in [6.07, 6.45) is 1.70. The number of rotatable bonds is 0. The van der Waals surface area contributed by atoms with Crippen LogP contribution in [0.2, 0.25) is 0 Å². The second kappa shape index (κ2) is 2.05. The molecule has 0 saturated heterocycles. The highest BCUT2D eigenvalue weighted by Crippen LogP contribution is 1.96. The van der Waals surface area contributed by atoms with E-state index in [2.05, 4.69) is 10.2 Å². The van der Waals surface area contributed by atoms with E-state index in [1.807, 2.05) is 0 Å². The van der Waals surface area contributed by atoms with Crippen molar-refractivity contribution in [3.8, 4) is 0 Å². The van der Waals surface area contributed by atoms with Crippen LogP contribution in [-0.2, 0) is 4.79 Å². The van der Waals surface area contributed by atoms with Crippen molar-refractivity contribution in [1.82, 2.24) is 0 Å². The molecule has 0 aliphatic carbocycles. The van der Waals surface area contributed by atoms with Crippen LogP contribution in [0.15, 0.2) is 10.2 Å². The summed E-state index contributed by atoms with van der Waals surface area (Å²) in [5.74, 6) is -0.165. The van der Waals surface area contributed by atoms with Gasteiger partial charge < -0.3 is 0 Å². The van der Waals surface area contributed by atoms with Gasteiger partial charge in [-0.3, -0.25) is 4.79 Å². The first-order valence-corrected chi connectivity index (χ1v) is 2.46. The highest BCUT2D eigenvalue weighted by Gasteiger charge is 2.08. The number of hydrogen-bond acceptors (Lipinski definition) is 3. The number of ketones is 1. The quantitative estimate of drug-likeness (QED) is 0.473. The maximum atomic E-state index is 10.4. The first-order valence-electron chi connectivity index (χ1n) is 2.09. The largest absolute Gasteiger partial charge is 0.291 e. The van der Waals surface area contributed by atoms with Gasteiger partial charge in [0.2, 0.25) is 0 Å². The fraction of sp³-hybridized carbons (Fsp3) is 0.250. The zero-order valence-electron chi connectivity index (χ0n) is 3.97. The smallest absolute Gasteiger partial charge is 0.200 e. The van der Waals surface area contributed by atoms with Gasteiger partial charge in [0, 0.05) is 6.21 Å². The molecule has 1 aliphatic rings. The molecule has 0 radical (unpaired) electrons. The Hall–Kier alpha value is -0.700. The fourth-order valence-electron chi connectivity index (χ4n) is 0.355. The van der Waals surface area contributed by atoms with E-state index < -0.39 is 0 Å². The van der Waals surface area contributed by atoms with Crippen molar-refractivity contribution in [1.29, 1.82) is 0 Å². The van der Waals surface area contributed by atoms with Gasteiger partial charge >= 0.3 is 0 Å². The monoisotopic (exact) mass is 130 g/mol. The van der Waals surface area contributed by atoms with Crippen LogP contribution in [0.4, 0.5) is 0 Å². The van der Waals surface area contributed by atoms with Gasteiger partial charge in [-0.2, -0.15) is 5.10 Å². The lowest BCUT2D eigenvalue weighted by Crippen LogP contribution is -2.10. The Bertz CT molecular complexity index is 173. The van der Waals surface area contributed by atoms with Crippen molar-refractivity contribution in [3.05, 3.63) is 0 Å². The number of carbonyl (C=O) groups is 1. The normalized spacial score (nSPS) is 18.6. The fourth-order valence-corrected chi connectivity index (χ4v) is 0.476. The number of nitrogens with zero attached hydrogens (tertiary/aromatic N) is 2. The summed E-state index contributed by atoms with van der Waals surface area (Å²) in [4.78, 5) is 10.4. The lowest BCUT2D eigenvalue weighted by atomic mass is 10.3. The second-order valence-electron chi connectivity index (χ2n) is 1.32. The molecule has 4 heteroatoms. The van der Waals surface area contributed by atoms with E-state index in [9.17, 15) is 4.79 Å². The number of hydrogen-bond donors (Lipinski definition) is 0. The van der Waals surface area contributed by atoms with E-state index in [4.69, 9.17) is 11.6 Å². The van der Waals surface area contributed by atoms with Crippen molar-refractivity contribution in [2.24, 2.45) is 10.2 Å². The Morgan fingerprint density at radius 2 is 2.50 bits per heavy atom. The van der Waals surface area contributed by atoms with Crippen LogP contribution in [0.1, 0.15) is 6.42 Å². The van der Waals surface area contributed by atoms with E-state index in [0.717, 1.165) is 0 Å². The molecule has 8 heavy (non-hydrogen) atoms. The molecule has 0 bridgehead atoms. The topological polar surface area (TPSA) is 41.8 Å². The summed E-state index contributed by atoms with van der Waals surface area (Å²) in [5, 5.41) is 6.71.